The monoisotopic (exact) mass is 345 g/mol. The van der Waals surface area contributed by atoms with E-state index in [0.717, 1.165) is 30.5 Å². The van der Waals surface area contributed by atoms with Gasteiger partial charge >= 0.3 is 0 Å². The van der Waals surface area contributed by atoms with Gasteiger partial charge in [0.25, 0.3) is 5.91 Å². The highest BCUT2D eigenvalue weighted by atomic mass is 16.1. The third-order valence-corrected chi connectivity index (χ3v) is 4.96. The van der Waals surface area contributed by atoms with Crippen LogP contribution in [-0.4, -0.2) is 15.7 Å². The molecule has 1 amide bonds. The maximum absolute atomic E-state index is 12.5. The summed E-state index contributed by atoms with van der Waals surface area (Å²) in [5.41, 5.74) is 5.78. The van der Waals surface area contributed by atoms with Crippen molar-refractivity contribution in [2.45, 2.75) is 38.8 Å². The zero-order valence-corrected chi connectivity index (χ0v) is 14.8. The zero-order chi connectivity index (χ0) is 17.8. The van der Waals surface area contributed by atoms with Gasteiger partial charge in [-0.05, 0) is 66.1 Å². The molecule has 0 unspecified atom stereocenters. The number of hydrogen-bond donors (Lipinski definition) is 1. The van der Waals surface area contributed by atoms with Crippen LogP contribution < -0.4 is 5.32 Å². The Bertz CT molecular complexity index is 900. The van der Waals surface area contributed by atoms with Gasteiger partial charge in [-0.15, -0.1) is 0 Å². The second kappa shape index (κ2) is 7.56. The molecule has 1 aliphatic carbocycles. The van der Waals surface area contributed by atoms with E-state index in [9.17, 15) is 4.79 Å². The van der Waals surface area contributed by atoms with Crippen molar-refractivity contribution in [2.75, 3.05) is 0 Å². The van der Waals surface area contributed by atoms with Gasteiger partial charge in [-0.3, -0.25) is 9.48 Å². The van der Waals surface area contributed by atoms with Gasteiger partial charge in [0, 0.05) is 24.5 Å². The standard InChI is InChI=1S/C22H23N3O/c26-22(21-10-9-19-7-1-2-8-20(19)14-21)23-15-17-5-3-6-18(13-17)16-25-12-4-11-24-25/h3-6,9-14H,1-2,7-8,15-16H2,(H,23,26). The average molecular weight is 345 g/mol. The van der Waals surface area contributed by atoms with Gasteiger partial charge in [0.2, 0.25) is 0 Å². The zero-order valence-electron chi connectivity index (χ0n) is 14.8. The van der Waals surface area contributed by atoms with E-state index in [4.69, 9.17) is 0 Å². The predicted octanol–water partition coefficient (Wildman–Crippen LogP) is 3.74. The fourth-order valence-electron chi connectivity index (χ4n) is 3.58. The number of fused-ring (bicyclic) bond motifs is 1. The lowest BCUT2D eigenvalue weighted by molar-refractivity contribution is 0.0950. The lowest BCUT2D eigenvalue weighted by atomic mass is 9.90. The third kappa shape index (κ3) is 3.85. The summed E-state index contributed by atoms with van der Waals surface area (Å²) >= 11 is 0. The highest BCUT2D eigenvalue weighted by molar-refractivity contribution is 5.94. The molecule has 26 heavy (non-hydrogen) atoms. The van der Waals surface area contributed by atoms with E-state index in [2.05, 4.69) is 34.7 Å². The van der Waals surface area contributed by atoms with Crippen molar-refractivity contribution in [1.82, 2.24) is 15.1 Å². The van der Waals surface area contributed by atoms with Crippen LogP contribution in [0, 0.1) is 0 Å². The lowest BCUT2D eigenvalue weighted by Crippen LogP contribution is -2.23. The molecule has 0 bridgehead atoms. The minimum Gasteiger partial charge on any atom is -0.348 e. The van der Waals surface area contributed by atoms with E-state index in [-0.39, 0.29) is 5.91 Å². The number of amides is 1. The summed E-state index contributed by atoms with van der Waals surface area (Å²) < 4.78 is 1.89. The smallest absolute Gasteiger partial charge is 0.251 e. The first-order valence-corrected chi connectivity index (χ1v) is 9.23. The van der Waals surface area contributed by atoms with Crippen LogP contribution in [0.2, 0.25) is 0 Å². The van der Waals surface area contributed by atoms with Gasteiger partial charge in [0.15, 0.2) is 0 Å². The van der Waals surface area contributed by atoms with Crippen LogP contribution >= 0.6 is 0 Å². The Morgan fingerprint density at radius 1 is 1.00 bits per heavy atom. The molecular weight excluding hydrogens is 322 g/mol. The van der Waals surface area contributed by atoms with Gasteiger partial charge in [-0.25, -0.2) is 0 Å². The lowest BCUT2D eigenvalue weighted by Gasteiger charge is -2.16. The van der Waals surface area contributed by atoms with E-state index >= 15 is 0 Å². The average Bonchev–Trinajstić information content (AvgIpc) is 3.19. The largest absolute Gasteiger partial charge is 0.348 e. The Morgan fingerprint density at radius 3 is 2.69 bits per heavy atom. The number of aryl methyl sites for hydroxylation is 2. The molecule has 4 rings (SSSR count). The molecule has 4 heteroatoms. The second-order valence-corrected chi connectivity index (χ2v) is 6.90. The fourth-order valence-corrected chi connectivity index (χ4v) is 3.58. The molecule has 132 valence electrons. The molecule has 0 radical (unpaired) electrons. The summed E-state index contributed by atoms with van der Waals surface area (Å²) in [6.45, 7) is 1.27. The molecular formula is C22H23N3O. The van der Waals surface area contributed by atoms with Gasteiger partial charge in [0.1, 0.15) is 0 Å². The van der Waals surface area contributed by atoms with Gasteiger partial charge in [-0.2, -0.15) is 5.10 Å². The number of benzene rings is 2. The van der Waals surface area contributed by atoms with E-state index < -0.39 is 0 Å². The summed E-state index contributed by atoms with van der Waals surface area (Å²) in [5, 5.41) is 7.28. The Kier molecular flexibility index (Phi) is 4.82. The van der Waals surface area contributed by atoms with Gasteiger partial charge < -0.3 is 5.32 Å². The molecule has 3 aromatic rings. The number of nitrogens with one attached hydrogen (secondary N) is 1. The molecule has 0 aliphatic heterocycles. The molecule has 1 aromatic heterocycles. The van der Waals surface area contributed by atoms with Gasteiger partial charge in [0.05, 0.1) is 6.54 Å². The van der Waals surface area contributed by atoms with E-state index in [0.29, 0.717) is 6.54 Å². The van der Waals surface area contributed by atoms with Crippen molar-refractivity contribution in [3.63, 3.8) is 0 Å². The minimum atomic E-state index is -0.00384. The van der Waals surface area contributed by atoms with Gasteiger partial charge in [-0.1, -0.05) is 30.3 Å². The summed E-state index contributed by atoms with van der Waals surface area (Å²) in [6.07, 6.45) is 8.44. The van der Waals surface area contributed by atoms with Crippen LogP contribution in [0.3, 0.4) is 0 Å². The maximum Gasteiger partial charge on any atom is 0.251 e. The molecule has 1 aliphatic rings. The topological polar surface area (TPSA) is 46.9 Å². The van der Waals surface area contributed by atoms with Crippen LogP contribution in [0.25, 0.3) is 0 Å². The number of hydrogen-bond acceptors (Lipinski definition) is 2. The van der Waals surface area contributed by atoms with E-state index in [1.807, 2.05) is 35.1 Å². The van der Waals surface area contributed by atoms with Crippen LogP contribution in [0.15, 0.2) is 60.9 Å². The highest BCUT2D eigenvalue weighted by Crippen LogP contribution is 2.22. The molecule has 0 atom stereocenters. The van der Waals surface area contributed by atoms with E-state index in [1.54, 1.807) is 6.20 Å². The highest BCUT2D eigenvalue weighted by Gasteiger charge is 2.12. The molecule has 0 saturated carbocycles. The Labute approximate surface area is 153 Å². The van der Waals surface area contributed by atoms with Crippen LogP contribution in [0.4, 0.5) is 0 Å². The summed E-state index contributed by atoms with van der Waals surface area (Å²) in [7, 11) is 0. The van der Waals surface area contributed by atoms with Crippen molar-refractivity contribution < 1.29 is 4.79 Å². The number of carbonyl (C=O) groups is 1. The second-order valence-electron chi connectivity index (χ2n) is 6.90. The van der Waals surface area contributed by atoms with E-state index in [1.165, 1.54) is 29.5 Å². The quantitative estimate of drug-likeness (QED) is 0.766. The maximum atomic E-state index is 12.5. The molecule has 0 spiro atoms. The van der Waals surface area contributed by atoms with Crippen molar-refractivity contribution in [3.05, 3.63) is 88.7 Å². The third-order valence-electron chi connectivity index (χ3n) is 4.96. The van der Waals surface area contributed by atoms with Crippen LogP contribution in [0.5, 0.6) is 0 Å². The SMILES string of the molecule is O=C(NCc1cccc(Cn2cccn2)c1)c1ccc2c(c1)CCCC2. The number of carbonyl (C=O) groups excluding carboxylic acids is 1. The first kappa shape index (κ1) is 16.6. The van der Waals surface area contributed by atoms with Crippen LogP contribution in [0.1, 0.15) is 45.5 Å². The fraction of sp³-hybridized carbons (Fsp3) is 0.273. The van der Waals surface area contributed by atoms with Crippen molar-refractivity contribution in [2.24, 2.45) is 0 Å². The molecule has 1 N–H and O–H groups in total. The Hall–Kier alpha value is -2.88. The first-order valence-electron chi connectivity index (χ1n) is 9.23. The molecule has 4 nitrogen and oxygen atoms in total. The summed E-state index contributed by atoms with van der Waals surface area (Å²) in [4.78, 5) is 12.5. The number of aromatic nitrogens is 2. The van der Waals surface area contributed by atoms with Crippen molar-refractivity contribution in [1.29, 1.82) is 0 Å². The van der Waals surface area contributed by atoms with Crippen LogP contribution in [-0.2, 0) is 25.9 Å². The number of nitrogens with zero attached hydrogens (tertiary/aromatic N) is 2. The molecule has 0 fully saturated rings. The molecule has 0 saturated heterocycles. The Balaban J connectivity index is 1.40. The molecule has 1 heterocycles. The summed E-state index contributed by atoms with van der Waals surface area (Å²) in [5.74, 6) is -0.00384. The number of rotatable bonds is 5. The predicted molar refractivity (Wildman–Crippen MR) is 102 cm³/mol. The summed E-state index contributed by atoms with van der Waals surface area (Å²) in [6, 6.07) is 16.3. The minimum absolute atomic E-state index is 0.00384. The Morgan fingerprint density at radius 2 is 1.85 bits per heavy atom. The van der Waals surface area contributed by atoms with Crippen molar-refractivity contribution >= 4 is 5.91 Å². The molecule has 2 aromatic carbocycles. The van der Waals surface area contributed by atoms with Crippen molar-refractivity contribution in [3.8, 4) is 0 Å². The normalized spacial score (nSPS) is 13.2. The first-order chi connectivity index (χ1) is 12.8.